The number of carbonyl (C=O) groups excluding carboxylic acids is 1. The molecule has 1 unspecified atom stereocenters. The number of carbonyl (C=O) groups is 1. The van der Waals surface area contributed by atoms with Crippen LogP contribution in [0.4, 0.5) is 0 Å². The second kappa shape index (κ2) is 7.68. The van der Waals surface area contributed by atoms with Gasteiger partial charge in [-0.3, -0.25) is 0 Å². The fraction of sp³-hybridized carbons (Fsp3) is 0.353. The molecule has 26 heavy (non-hydrogen) atoms. The van der Waals surface area contributed by atoms with Gasteiger partial charge in [-0.1, -0.05) is 17.7 Å². The molecule has 9 heteroatoms. The average Bonchev–Trinajstić information content (AvgIpc) is 3.01. The maximum Gasteiger partial charge on any atom is 0.349 e. The van der Waals surface area contributed by atoms with E-state index in [2.05, 4.69) is 4.98 Å². The van der Waals surface area contributed by atoms with Crippen LogP contribution < -0.4 is 0 Å². The van der Waals surface area contributed by atoms with Crippen molar-refractivity contribution in [2.24, 2.45) is 7.05 Å². The number of esters is 1. The van der Waals surface area contributed by atoms with E-state index in [0.717, 1.165) is 5.56 Å². The van der Waals surface area contributed by atoms with Crippen molar-refractivity contribution in [3.8, 4) is 6.07 Å². The molecule has 1 aromatic heterocycles. The zero-order valence-corrected chi connectivity index (χ0v) is 15.5. The van der Waals surface area contributed by atoms with Crippen LogP contribution in [-0.2, 0) is 36.5 Å². The molecule has 0 bridgehead atoms. The summed E-state index contributed by atoms with van der Waals surface area (Å²) < 4.78 is 37.3. The van der Waals surface area contributed by atoms with Crippen molar-refractivity contribution in [3.05, 3.63) is 48.0 Å². The first-order valence-electron chi connectivity index (χ1n) is 7.81. The van der Waals surface area contributed by atoms with Crippen molar-refractivity contribution >= 4 is 16.1 Å². The van der Waals surface area contributed by atoms with E-state index in [1.807, 2.05) is 6.92 Å². The first-order valence-corrected chi connectivity index (χ1v) is 9.22. The van der Waals surface area contributed by atoms with Gasteiger partial charge < -0.3 is 9.30 Å². The molecule has 1 atom stereocenters. The van der Waals surface area contributed by atoms with Gasteiger partial charge in [0.05, 0.1) is 24.0 Å². The molecule has 0 aliphatic heterocycles. The molecule has 138 valence electrons. The van der Waals surface area contributed by atoms with Crippen LogP contribution in [0, 0.1) is 18.3 Å². The zero-order chi connectivity index (χ0) is 19.4. The third kappa shape index (κ3) is 3.76. The fourth-order valence-corrected chi connectivity index (χ4v) is 3.54. The summed E-state index contributed by atoms with van der Waals surface area (Å²) in [6.07, 6.45) is 2.31. The summed E-state index contributed by atoms with van der Waals surface area (Å²) in [7, 11) is -2.80. The molecule has 8 nitrogen and oxygen atoms in total. The van der Waals surface area contributed by atoms with E-state index in [-0.39, 0.29) is 17.3 Å². The lowest BCUT2D eigenvalue weighted by molar-refractivity contribution is -0.163. The quantitative estimate of drug-likeness (QED) is 0.534. The Morgan fingerprint density at radius 3 is 2.50 bits per heavy atom. The summed E-state index contributed by atoms with van der Waals surface area (Å²) in [5.74, 6) is -1.03. The van der Waals surface area contributed by atoms with Gasteiger partial charge in [0.25, 0.3) is 15.7 Å². The number of benzene rings is 1. The van der Waals surface area contributed by atoms with Gasteiger partial charge in [-0.25, -0.2) is 14.0 Å². The van der Waals surface area contributed by atoms with Crippen molar-refractivity contribution in [2.45, 2.75) is 30.8 Å². The van der Waals surface area contributed by atoms with Crippen LogP contribution in [0.25, 0.3) is 0 Å². The van der Waals surface area contributed by atoms with Crippen molar-refractivity contribution in [2.75, 3.05) is 6.61 Å². The Hall–Kier alpha value is -2.70. The first kappa shape index (κ1) is 19.6. The Morgan fingerprint density at radius 1 is 1.35 bits per heavy atom. The fourth-order valence-electron chi connectivity index (χ4n) is 2.40. The Labute approximate surface area is 152 Å². The van der Waals surface area contributed by atoms with Crippen LogP contribution >= 0.6 is 0 Å². The predicted molar refractivity (Wildman–Crippen MR) is 91.2 cm³/mol. The summed E-state index contributed by atoms with van der Waals surface area (Å²) >= 11 is 0. The maximum absolute atomic E-state index is 12.8. The summed E-state index contributed by atoms with van der Waals surface area (Å²) in [5, 5.41) is 9.24. The molecule has 0 saturated carbocycles. The molecule has 0 amide bonds. The Kier molecular flexibility index (Phi) is 5.79. The molecule has 0 aliphatic carbocycles. The molecule has 0 fully saturated rings. The van der Waals surface area contributed by atoms with Gasteiger partial charge in [0, 0.05) is 19.4 Å². The van der Waals surface area contributed by atoms with E-state index in [1.54, 1.807) is 32.2 Å². The third-order valence-electron chi connectivity index (χ3n) is 3.68. The topological polar surface area (TPSA) is 111 Å². The van der Waals surface area contributed by atoms with Crippen LogP contribution in [0.15, 0.2) is 41.6 Å². The molecule has 1 heterocycles. The number of imidazole rings is 1. The van der Waals surface area contributed by atoms with Crippen LogP contribution in [0.1, 0.15) is 24.7 Å². The third-order valence-corrected chi connectivity index (χ3v) is 5.03. The SMILES string of the molecule is CCOC(=O)C(CC#N)(OS(=O)(=O)c1ccc(C)cc1)c1nccn1C. The highest BCUT2D eigenvalue weighted by molar-refractivity contribution is 7.86. The Bertz CT molecular complexity index is 928. The second-order valence-corrected chi connectivity index (χ2v) is 7.14. The molecule has 0 radical (unpaired) electrons. The monoisotopic (exact) mass is 377 g/mol. The molecule has 0 saturated heterocycles. The first-order chi connectivity index (χ1) is 12.3. The summed E-state index contributed by atoms with van der Waals surface area (Å²) in [4.78, 5) is 16.5. The predicted octanol–water partition coefficient (Wildman–Crippen LogP) is 1.81. The summed E-state index contributed by atoms with van der Waals surface area (Å²) in [5.41, 5.74) is -1.34. The minimum atomic E-state index is -4.37. The normalized spacial score (nSPS) is 13.6. The number of aromatic nitrogens is 2. The lowest BCUT2D eigenvalue weighted by Gasteiger charge is -2.28. The Balaban J connectivity index is 2.60. The number of aryl methyl sites for hydroxylation is 2. The van der Waals surface area contributed by atoms with Gasteiger partial charge >= 0.3 is 5.97 Å². The van der Waals surface area contributed by atoms with E-state index in [0.29, 0.717) is 0 Å². The van der Waals surface area contributed by atoms with Gasteiger partial charge in [0.15, 0.2) is 5.82 Å². The van der Waals surface area contributed by atoms with Crippen LogP contribution in [0.5, 0.6) is 0 Å². The second-order valence-electron chi connectivity index (χ2n) is 5.59. The number of nitrogens with zero attached hydrogens (tertiary/aromatic N) is 3. The summed E-state index contributed by atoms with van der Waals surface area (Å²) in [6, 6.07) is 7.74. The summed E-state index contributed by atoms with van der Waals surface area (Å²) in [6.45, 7) is 3.37. The van der Waals surface area contributed by atoms with Crippen molar-refractivity contribution < 1.29 is 22.1 Å². The highest BCUT2D eigenvalue weighted by Gasteiger charge is 2.50. The highest BCUT2D eigenvalue weighted by atomic mass is 32.2. The van der Waals surface area contributed by atoms with Gasteiger partial charge in [-0.05, 0) is 26.0 Å². The molecule has 0 aliphatic rings. The molecule has 1 aromatic carbocycles. The van der Waals surface area contributed by atoms with Gasteiger partial charge in [0.1, 0.15) is 0 Å². The van der Waals surface area contributed by atoms with E-state index in [4.69, 9.17) is 8.92 Å². The number of hydrogen-bond donors (Lipinski definition) is 0. The number of rotatable bonds is 7. The molecule has 2 aromatic rings. The van der Waals surface area contributed by atoms with Gasteiger partial charge in [0.2, 0.25) is 0 Å². The lowest BCUT2D eigenvalue weighted by Crippen LogP contribution is -2.44. The molecular formula is C17H19N3O5S. The van der Waals surface area contributed by atoms with Crippen molar-refractivity contribution in [3.63, 3.8) is 0 Å². The Morgan fingerprint density at radius 2 is 2.00 bits per heavy atom. The standard InChI is InChI=1S/C17H19N3O5S/c1-4-24-16(21)17(9-10-18,15-19-11-12-20(15)3)25-26(22,23)14-7-5-13(2)6-8-14/h5-8,11-12H,4,9H2,1-3H3. The van der Waals surface area contributed by atoms with Crippen LogP contribution in [-0.4, -0.2) is 30.5 Å². The van der Waals surface area contributed by atoms with Gasteiger partial charge in [-0.15, -0.1) is 0 Å². The highest BCUT2D eigenvalue weighted by Crippen LogP contribution is 2.34. The minimum Gasteiger partial charge on any atom is -0.463 e. The van der Waals surface area contributed by atoms with Crippen LogP contribution in [0.2, 0.25) is 0 Å². The van der Waals surface area contributed by atoms with E-state index < -0.39 is 28.1 Å². The van der Waals surface area contributed by atoms with Crippen molar-refractivity contribution in [1.82, 2.24) is 9.55 Å². The number of ether oxygens (including phenoxy) is 1. The van der Waals surface area contributed by atoms with Gasteiger partial charge in [-0.2, -0.15) is 13.7 Å². The number of hydrogen-bond acceptors (Lipinski definition) is 7. The molecular weight excluding hydrogens is 358 g/mol. The van der Waals surface area contributed by atoms with Crippen LogP contribution in [0.3, 0.4) is 0 Å². The zero-order valence-electron chi connectivity index (χ0n) is 14.7. The molecule has 0 N–H and O–H groups in total. The van der Waals surface area contributed by atoms with E-state index >= 15 is 0 Å². The average molecular weight is 377 g/mol. The van der Waals surface area contributed by atoms with Crippen molar-refractivity contribution in [1.29, 1.82) is 5.26 Å². The molecule has 2 rings (SSSR count). The maximum atomic E-state index is 12.8. The minimum absolute atomic E-state index is 0.00955. The van der Waals surface area contributed by atoms with E-state index in [9.17, 15) is 18.5 Å². The number of nitriles is 1. The molecule has 0 spiro atoms. The lowest BCUT2D eigenvalue weighted by atomic mass is 9.99. The van der Waals surface area contributed by atoms with E-state index in [1.165, 1.54) is 29.1 Å². The largest absolute Gasteiger partial charge is 0.463 e. The smallest absolute Gasteiger partial charge is 0.349 e.